The summed E-state index contributed by atoms with van der Waals surface area (Å²) in [4.78, 5) is 15.5. The summed E-state index contributed by atoms with van der Waals surface area (Å²) in [7, 11) is -4.71. The molecule has 0 aromatic heterocycles. The van der Waals surface area contributed by atoms with Gasteiger partial charge >= 0.3 is 52.0 Å². The van der Waals surface area contributed by atoms with Crippen molar-refractivity contribution in [2.45, 2.75) is 0 Å². The topological polar surface area (TPSA) is 104 Å². The van der Waals surface area contributed by atoms with E-state index in [9.17, 15) is 7.67 Å². The molecule has 0 bridgehead atoms. The van der Waals surface area contributed by atoms with Crippen LogP contribution in [-0.4, -0.2) is 33.6 Å². The summed E-state index contributed by atoms with van der Waals surface area (Å²) >= 11 is -4.06. The molecule has 8 heteroatoms. The monoisotopic (exact) mass is 260 g/mol. The van der Waals surface area contributed by atoms with E-state index in [2.05, 4.69) is 2.89 Å². The number of phosphoric acid groups is 1. The summed E-state index contributed by atoms with van der Waals surface area (Å²) in [6.07, 6.45) is 0. The summed E-state index contributed by atoms with van der Waals surface area (Å²) in [5, 5.41) is 0. The standard InChI is InChI=1S/H3O6PTe/c1-7(2,3)6-8(4)5/h(H,4,5)(H2,1,2,3). The molecule has 0 aliphatic carbocycles. The molecule has 0 radical (unpaired) electrons. The van der Waals surface area contributed by atoms with Gasteiger partial charge in [0.2, 0.25) is 0 Å². The molecule has 8 heavy (non-hydrogen) atoms. The van der Waals surface area contributed by atoms with Crippen LogP contribution >= 0.6 is 7.82 Å². The van der Waals surface area contributed by atoms with Gasteiger partial charge in [-0.25, -0.2) is 0 Å². The first-order chi connectivity index (χ1) is 3.42. The third-order valence-electron chi connectivity index (χ3n) is 0.161. The van der Waals surface area contributed by atoms with Crippen LogP contribution in [0, 0.1) is 0 Å². The average Bonchev–Trinajstić information content (AvgIpc) is 1.21. The minimum atomic E-state index is -4.71. The molecule has 0 aromatic rings. The molecular formula is H3O6PTe. The van der Waals surface area contributed by atoms with Crippen molar-refractivity contribution in [3.63, 3.8) is 0 Å². The van der Waals surface area contributed by atoms with Crippen molar-refractivity contribution in [3.05, 3.63) is 0 Å². The quantitative estimate of drug-likeness (QED) is 0.411. The van der Waals surface area contributed by atoms with Crippen LogP contribution in [0.15, 0.2) is 0 Å². The van der Waals surface area contributed by atoms with Gasteiger partial charge in [0.05, 0.1) is 0 Å². The van der Waals surface area contributed by atoms with Gasteiger partial charge in [-0.3, -0.25) is 0 Å². The average molecular weight is 258 g/mol. The SMILES string of the molecule is O=[Te](O)OP(=O)(O)O. The molecule has 0 saturated heterocycles. The van der Waals surface area contributed by atoms with Crippen LogP contribution in [0.1, 0.15) is 0 Å². The van der Waals surface area contributed by atoms with Gasteiger partial charge in [-0.15, -0.1) is 0 Å². The van der Waals surface area contributed by atoms with Gasteiger partial charge in [-0.1, -0.05) is 0 Å². The Bertz CT molecular complexity index is 131. The Morgan fingerprint density at radius 3 is 1.88 bits per heavy atom. The van der Waals surface area contributed by atoms with Crippen molar-refractivity contribution in [1.29, 1.82) is 0 Å². The van der Waals surface area contributed by atoms with E-state index >= 15 is 0 Å². The molecule has 6 nitrogen and oxygen atoms in total. The van der Waals surface area contributed by atoms with Crippen LogP contribution in [0.4, 0.5) is 0 Å². The van der Waals surface area contributed by atoms with Crippen LogP contribution in [0.25, 0.3) is 0 Å². The van der Waals surface area contributed by atoms with E-state index in [1.807, 2.05) is 0 Å². The van der Waals surface area contributed by atoms with E-state index in [4.69, 9.17) is 13.3 Å². The second-order valence-corrected chi connectivity index (χ2v) is 4.43. The summed E-state index contributed by atoms with van der Waals surface area (Å²) in [5.74, 6) is 0. The van der Waals surface area contributed by atoms with E-state index in [-0.39, 0.29) is 0 Å². The van der Waals surface area contributed by atoms with Crippen LogP contribution in [0.5, 0.6) is 0 Å². The first-order valence-corrected chi connectivity index (χ1v) is 5.76. The van der Waals surface area contributed by atoms with Gasteiger partial charge in [0.1, 0.15) is 0 Å². The Morgan fingerprint density at radius 2 is 1.88 bits per heavy atom. The summed E-state index contributed by atoms with van der Waals surface area (Å²) < 4.78 is 30.2. The Hall–Kier alpha value is 0.660. The van der Waals surface area contributed by atoms with Gasteiger partial charge in [-0.05, 0) is 0 Å². The maximum atomic E-state index is 9.60. The Morgan fingerprint density at radius 1 is 1.50 bits per heavy atom. The molecule has 50 valence electrons. The molecule has 0 spiro atoms. The van der Waals surface area contributed by atoms with Gasteiger partial charge in [0.15, 0.2) is 0 Å². The van der Waals surface area contributed by atoms with Gasteiger partial charge in [0, 0.05) is 0 Å². The molecule has 0 aliphatic rings. The fraction of sp³-hybridized carbons (Fsp3) is 0. The molecule has 0 unspecified atom stereocenters. The van der Waals surface area contributed by atoms with Crippen LogP contribution in [0.3, 0.4) is 0 Å². The molecule has 3 N–H and O–H groups in total. The van der Waals surface area contributed by atoms with Crippen LogP contribution < -0.4 is 0 Å². The molecule has 0 fully saturated rings. The van der Waals surface area contributed by atoms with Gasteiger partial charge in [0.25, 0.3) is 0 Å². The third kappa shape index (κ3) is 6.66. The maximum absolute atomic E-state index is 9.60. The Balaban J connectivity index is 3.74. The fourth-order valence-electron chi connectivity index (χ4n) is 0.0831. The second kappa shape index (κ2) is 2.99. The van der Waals surface area contributed by atoms with Crippen molar-refractivity contribution in [2.24, 2.45) is 0 Å². The zero-order chi connectivity index (χ0) is 6.78. The van der Waals surface area contributed by atoms with Gasteiger partial charge < -0.3 is 0 Å². The van der Waals surface area contributed by atoms with Crippen molar-refractivity contribution in [1.82, 2.24) is 0 Å². The van der Waals surface area contributed by atoms with E-state index in [1.54, 1.807) is 0 Å². The molecule has 0 heterocycles. The molecule has 0 rings (SSSR count). The van der Waals surface area contributed by atoms with Crippen LogP contribution in [0.2, 0.25) is 0 Å². The predicted molar refractivity (Wildman–Crippen MR) is 21.8 cm³/mol. The summed E-state index contributed by atoms with van der Waals surface area (Å²) in [5.41, 5.74) is 0. The molecular weight excluding hydrogens is 255 g/mol. The van der Waals surface area contributed by atoms with E-state index < -0.39 is 28.2 Å². The van der Waals surface area contributed by atoms with E-state index in [0.717, 1.165) is 0 Å². The van der Waals surface area contributed by atoms with Crippen molar-refractivity contribution < 1.29 is 23.8 Å². The van der Waals surface area contributed by atoms with E-state index in [1.165, 1.54) is 0 Å². The first kappa shape index (κ1) is 8.66. The van der Waals surface area contributed by atoms with Gasteiger partial charge in [-0.2, -0.15) is 0 Å². The normalized spacial score (nSPS) is 12.5. The molecule has 0 aromatic carbocycles. The zero-order valence-electron chi connectivity index (χ0n) is 3.42. The number of rotatable bonds is 2. The fourth-order valence-corrected chi connectivity index (χ4v) is 1.67. The van der Waals surface area contributed by atoms with Crippen molar-refractivity contribution >= 4 is 28.2 Å². The Labute approximate surface area is 52.4 Å². The predicted octanol–water partition coefficient (Wildman–Crippen LogP) is -1.50. The molecule has 0 amide bonds. The first-order valence-electron chi connectivity index (χ1n) is 1.28. The summed E-state index contributed by atoms with van der Waals surface area (Å²) in [6, 6.07) is 0. The van der Waals surface area contributed by atoms with Crippen molar-refractivity contribution in [2.75, 3.05) is 0 Å². The molecule has 0 atom stereocenters. The third-order valence-corrected chi connectivity index (χ3v) is 3.24. The number of hydrogen-bond acceptors (Lipinski definition) is 3. The van der Waals surface area contributed by atoms with Crippen molar-refractivity contribution in [3.8, 4) is 0 Å². The second-order valence-electron chi connectivity index (χ2n) is 0.782. The zero-order valence-corrected chi connectivity index (χ0v) is 6.65. The van der Waals surface area contributed by atoms with Crippen LogP contribution in [-0.2, 0) is 10.6 Å². The van der Waals surface area contributed by atoms with E-state index in [0.29, 0.717) is 0 Å². The summed E-state index contributed by atoms with van der Waals surface area (Å²) in [6.45, 7) is 0. The molecule has 0 saturated carbocycles. The number of hydrogen-bond donors (Lipinski definition) is 3. The minimum absolute atomic E-state index is 3.27. The molecule has 0 aliphatic heterocycles. The Kier molecular flexibility index (Phi) is 3.24.